The highest BCUT2D eigenvalue weighted by Gasteiger charge is 2.33. The van der Waals surface area contributed by atoms with Crippen LogP contribution in [0.5, 0.6) is 5.75 Å². The highest BCUT2D eigenvalue weighted by molar-refractivity contribution is 6.01. The molecular formula is C15H12F3N5O2. The molecule has 0 bridgehead atoms. The molecule has 2 N–H and O–H groups in total. The van der Waals surface area contributed by atoms with Crippen molar-refractivity contribution in [3.05, 3.63) is 58.5 Å². The number of benzene rings is 2. The summed E-state index contributed by atoms with van der Waals surface area (Å²) in [4.78, 5) is 14.6. The Morgan fingerprint density at radius 3 is 2.48 bits per heavy atom. The average Bonchev–Trinajstić information content (AvgIpc) is 2.56. The van der Waals surface area contributed by atoms with Crippen LogP contribution in [0.1, 0.15) is 5.56 Å². The molecule has 0 spiro atoms. The zero-order valence-electron chi connectivity index (χ0n) is 12.8. The number of rotatable bonds is 4. The molecule has 0 heterocycles. The number of hydrogen-bond acceptors (Lipinski definition) is 3. The summed E-state index contributed by atoms with van der Waals surface area (Å²) in [6.45, 7) is 0. The van der Waals surface area contributed by atoms with E-state index in [1.54, 1.807) is 0 Å². The van der Waals surface area contributed by atoms with Crippen LogP contribution in [0, 0.1) is 0 Å². The number of carbonyl (C=O) groups is 1. The standard InChI is InChI=1S/C15H12F3N5O2/c1-25-13-8-9(22-23-19)6-7-12(13)21-14(24)20-11-5-3-2-4-10(11)15(16,17)18/h2-8H,1H3,(H2,20,21,24). The minimum Gasteiger partial charge on any atom is -0.495 e. The molecule has 0 aromatic heterocycles. The van der Waals surface area contributed by atoms with Gasteiger partial charge in [0.05, 0.1) is 24.0 Å². The van der Waals surface area contributed by atoms with Gasteiger partial charge >= 0.3 is 12.2 Å². The number of para-hydroxylation sites is 1. The van der Waals surface area contributed by atoms with Gasteiger partial charge in [-0.15, -0.1) is 0 Å². The van der Waals surface area contributed by atoms with Crippen LogP contribution in [0.25, 0.3) is 10.4 Å². The number of nitrogens with zero attached hydrogens (tertiary/aromatic N) is 3. The smallest absolute Gasteiger partial charge is 0.418 e. The van der Waals surface area contributed by atoms with Crippen molar-refractivity contribution in [2.75, 3.05) is 17.7 Å². The van der Waals surface area contributed by atoms with Gasteiger partial charge in [0, 0.05) is 10.6 Å². The summed E-state index contributed by atoms with van der Waals surface area (Å²) < 4.78 is 43.8. The maximum Gasteiger partial charge on any atom is 0.418 e. The van der Waals surface area contributed by atoms with Crippen LogP contribution in [0.15, 0.2) is 47.6 Å². The summed E-state index contributed by atoms with van der Waals surface area (Å²) in [6.07, 6.45) is -4.60. The Morgan fingerprint density at radius 1 is 1.16 bits per heavy atom. The van der Waals surface area contributed by atoms with Gasteiger partial charge in [0.15, 0.2) is 0 Å². The molecule has 10 heteroatoms. The second kappa shape index (κ2) is 7.45. The Balaban J connectivity index is 2.20. The van der Waals surface area contributed by atoms with Gasteiger partial charge in [0.2, 0.25) is 0 Å². The van der Waals surface area contributed by atoms with Crippen molar-refractivity contribution in [2.45, 2.75) is 6.18 Å². The van der Waals surface area contributed by atoms with E-state index in [1.165, 1.54) is 37.4 Å². The van der Waals surface area contributed by atoms with E-state index in [0.29, 0.717) is 0 Å². The molecule has 2 rings (SSSR count). The second-order valence-electron chi connectivity index (χ2n) is 4.70. The van der Waals surface area contributed by atoms with E-state index < -0.39 is 17.8 Å². The number of amides is 2. The number of ether oxygens (including phenoxy) is 1. The molecule has 130 valence electrons. The maximum absolute atomic E-state index is 12.9. The minimum absolute atomic E-state index is 0.184. The molecule has 2 amide bonds. The second-order valence-corrected chi connectivity index (χ2v) is 4.70. The van der Waals surface area contributed by atoms with Crippen molar-refractivity contribution in [3.8, 4) is 5.75 Å². The van der Waals surface area contributed by atoms with E-state index in [1.807, 2.05) is 0 Å². The van der Waals surface area contributed by atoms with Crippen molar-refractivity contribution < 1.29 is 22.7 Å². The van der Waals surface area contributed by atoms with Gasteiger partial charge in [-0.3, -0.25) is 0 Å². The Labute approximate surface area is 140 Å². The first-order valence-corrected chi connectivity index (χ1v) is 6.82. The lowest BCUT2D eigenvalue weighted by atomic mass is 10.1. The van der Waals surface area contributed by atoms with Gasteiger partial charge < -0.3 is 15.4 Å². The van der Waals surface area contributed by atoms with Gasteiger partial charge in [-0.25, -0.2) is 4.79 Å². The largest absolute Gasteiger partial charge is 0.495 e. The quantitative estimate of drug-likeness (QED) is 0.444. The summed E-state index contributed by atoms with van der Waals surface area (Å²) >= 11 is 0. The number of nitrogens with one attached hydrogen (secondary N) is 2. The predicted octanol–water partition coefficient (Wildman–Crippen LogP) is 5.30. The molecular weight excluding hydrogens is 339 g/mol. The van der Waals surface area contributed by atoms with Crippen LogP contribution in [-0.4, -0.2) is 13.1 Å². The molecule has 0 aliphatic rings. The van der Waals surface area contributed by atoms with E-state index in [4.69, 9.17) is 10.3 Å². The van der Waals surface area contributed by atoms with Gasteiger partial charge in [-0.1, -0.05) is 23.3 Å². The third-order valence-corrected chi connectivity index (χ3v) is 3.07. The van der Waals surface area contributed by atoms with Crippen molar-refractivity contribution in [1.29, 1.82) is 0 Å². The summed E-state index contributed by atoms with van der Waals surface area (Å²) in [5, 5.41) is 7.92. The van der Waals surface area contributed by atoms with Gasteiger partial charge in [-0.2, -0.15) is 13.2 Å². The Kier molecular flexibility index (Phi) is 5.35. The fourth-order valence-electron chi connectivity index (χ4n) is 2.01. The SMILES string of the molecule is COc1cc(N=[N+]=[N-])ccc1NC(=O)Nc1ccccc1C(F)(F)F. The fraction of sp³-hybridized carbons (Fsp3) is 0.133. The number of anilines is 2. The van der Waals surface area contributed by atoms with Gasteiger partial charge in [-0.05, 0) is 29.8 Å². The molecule has 25 heavy (non-hydrogen) atoms. The van der Waals surface area contributed by atoms with E-state index in [0.717, 1.165) is 12.1 Å². The van der Waals surface area contributed by atoms with Crippen LogP contribution >= 0.6 is 0 Å². The molecule has 2 aromatic rings. The molecule has 0 atom stereocenters. The maximum atomic E-state index is 12.9. The highest BCUT2D eigenvalue weighted by Crippen LogP contribution is 2.35. The zero-order chi connectivity index (χ0) is 18.4. The number of urea groups is 1. The molecule has 0 fully saturated rings. The van der Waals surface area contributed by atoms with E-state index in [2.05, 4.69) is 20.7 Å². The molecule has 0 radical (unpaired) electrons. The summed E-state index contributed by atoms with van der Waals surface area (Å²) in [5.41, 5.74) is 7.51. The number of carbonyl (C=O) groups excluding carboxylic acids is 1. The summed E-state index contributed by atoms with van der Waals surface area (Å²) in [6, 6.07) is 7.92. The topological polar surface area (TPSA) is 99.1 Å². The molecule has 0 saturated heterocycles. The van der Waals surface area contributed by atoms with Gasteiger partial charge in [0.25, 0.3) is 0 Å². The van der Waals surface area contributed by atoms with Crippen molar-refractivity contribution in [2.24, 2.45) is 5.11 Å². The third-order valence-electron chi connectivity index (χ3n) is 3.07. The first-order chi connectivity index (χ1) is 11.8. The molecule has 7 nitrogen and oxygen atoms in total. The number of halogens is 3. The number of hydrogen-bond donors (Lipinski definition) is 2. The Hall–Kier alpha value is -3.39. The first kappa shape index (κ1) is 18.0. The van der Waals surface area contributed by atoms with E-state index >= 15 is 0 Å². The Bertz CT molecular complexity index is 832. The van der Waals surface area contributed by atoms with Crippen molar-refractivity contribution in [3.63, 3.8) is 0 Å². The van der Waals surface area contributed by atoms with E-state index in [9.17, 15) is 18.0 Å². The van der Waals surface area contributed by atoms with Crippen LogP contribution in [0.4, 0.5) is 35.0 Å². The summed E-state index contributed by atoms with van der Waals surface area (Å²) in [7, 11) is 1.33. The molecule has 0 aliphatic heterocycles. The lowest BCUT2D eigenvalue weighted by Gasteiger charge is -2.15. The normalized spacial score (nSPS) is 10.6. The average molecular weight is 351 g/mol. The highest BCUT2D eigenvalue weighted by atomic mass is 19.4. The lowest BCUT2D eigenvalue weighted by molar-refractivity contribution is -0.136. The lowest BCUT2D eigenvalue weighted by Crippen LogP contribution is -2.22. The number of alkyl halides is 3. The monoisotopic (exact) mass is 351 g/mol. The van der Waals surface area contributed by atoms with E-state index in [-0.39, 0.29) is 22.8 Å². The van der Waals surface area contributed by atoms with Crippen LogP contribution in [-0.2, 0) is 6.18 Å². The molecule has 0 unspecified atom stereocenters. The Morgan fingerprint density at radius 2 is 1.84 bits per heavy atom. The molecule has 0 saturated carbocycles. The van der Waals surface area contributed by atoms with Crippen LogP contribution in [0.3, 0.4) is 0 Å². The van der Waals surface area contributed by atoms with Crippen LogP contribution < -0.4 is 15.4 Å². The van der Waals surface area contributed by atoms with Gasteiger partial charge in [0.1, 0.15) is 5.75 Å². The molecule has 0 aliphatic carbocycles. The van der Waals surface area contributed by atoms with Crippen LogP contribution in [0.2, 0.25) is 0 Å². The number of methoxy groups -OCH3 is 1. The molecule has 2 aromatic carbocycles. The summed E-state index contributed by atoms with van der Waals surface area (Å²) in [5.74, 6) is 0.184. The fourth-order valence-corrected chi connectivity index (χ4v) is 2.01. The zero-order valence-corrected chi connectivity index (χ0v) is 12.8. The van der Waals surface area contributed by atoms with Crippen molar-refractivity contribution in [1.82, 2.24) is 0 Å². The minimum atomic E-state index is -4.60. The number of azide groups is 1. The predicted molar refractivity (Wildman–Crippen MR) is 85.9 cm³/mol. The van der Waals surface area contributed by atoms with Crippen molar-refractivity contribution >= 4 is 23.1 Å². The third kappa shape index (κ3) is 4.55. The first-order valence-electron chi connectivity index (χ1n) is 6.82.